The number of rotatable bonds is 6. The molecular weight excluding hydrogens is 244 g/mol. The molecule has 1 aromatic rings. The van der Waals surface area contributed by atoms with Gasteiger partial charge in [0.05, 0.1) is 25.4 Å². The van der Waals surface area contributed by atoms with Crippen LogP contribution in [0, 0.1) is 11.3 Å². The third kappa shape index (κ3) is 4.85. The molecule has 0 atom stereocenters. The number of anilines is 2. The number of carbonyl (C=O) groups excluding carboxylic acids is 1. The van der Waals surface area contributed by atoms with Gasteiger partial charge in [0.15, 0.2) is 0 Å². The van der Waals surface area contributed by atoms with Crippen molar-refractivity contribution in [2.75, 3.05) is 38.3 Å². The van der Waals surface area contributed by atoms with Crippen molar-refractivity contribution < 1.29 is 9.53 Å². The number of likely N-dealkylation sites (N-methyl/N-ethyl adjacent to an activating group) is 1. The molecular formula is C13H18N4O2. The molecule has 102 valence electrons. The number of nitrogens with zero attached hydrogens (tertiary/aromatic N) is 2. The molecule has 6 heteroatoms. The molecule has 19 heavy (non-hydrogen) atoms. The maximum atomic E-state index is 11.8. The van der Waals surface area contributed by atoms with Crippen LogP contribution in [-0.2, 0) is 4.79 Å². The molecule has 0 radical (unpaired) electrons. The molecule has 0 saturated heterocycles. The average Bonchev–Trinajstić information content (AvgIpc) is 2.38. The molecule has 3 N–H and O–H groups in total. The lowest BCUT2D eigenvalue weighted by atomic mass is 10.2. The van der Waals surface area contributed by atoms with E-state index in [1.807, 2.05) is 6.07 Å². The number of carbonyl (C=O) groups is 1. The van der Waals surface area contributed by atoms with E-state index in [0.717, 1.165) is 0 Å². The first-order chi connectivity index (χ1) is 9.06. The lowest BCUT2D eigenvalue weighted by Gasteiger charge is -2.15. The summed E-state index contributed by atoms with van der Waals surface area (Å²) in [5.74, 6) is 0.358. The van der Waals surface area contributed by atoms with Gasteiger partial charge < -0.3 is 15.8 Å². The zero-order valence-electron chi connectivity index (χ0n) is 11.1. The van der Waals surface area contributed by atoms with E-state index in [1.165, 1.54) is 7.11 Å². The minimum atomic E-state index is -0.163. The Bertz CT molecular complexity index is 482. The molecule has 1 rings (SSSR count). The summed E-state index contributed by atoms with van der Waals surface area (Å²) in [6.45, 7) is 0.776. The zero-order chi connectivity index (χ0) is 14.3. The van der Waals surface area contributed by atoms with Gasteiger partial charge in [0, 0.05) is 24.7 Å². The Kier molecular flexibility index (Phi) is 5.64. The Hall–Kier alpha value is -2.26. The molecule has 0 heterocycles. The molecule has 6 nitrogen and oxygen atoms in total. The summed E-state index contributed by atoms with van der Waals surface area (Å²) in [4.78, 5) is 13.6. The third-order valence-corrected chi connectivity index (χ3v) is 2.52. The first kappa shape index (κ1) is 14.8. The highest BCUT2D eigenvalue weighted by Crippen LogP contribution is 2.26. The molecule has 0 aliphatic heterocycles. The largest absolute Gasteiger partial charge is 0.494 e. The fourth-order valence-corrected chi connectivity index (χ4v) is 1.57. The van der Waals surface area contributed by atoms with Gasteiger partial charge in [-0.3, -0.25) is 9.69 Å². The first-order valence-corrected chi connectivity index (χ1v) is 5.85. The molecule has 0 spiro atoms. The van der Waals surface area contributed by atoms with Gasteiger partial charge in [0.2, 0.25) is 5.91 Å². The topological polar surface area (TPSA) is 91.4 Å². The Morgan fingerprint density at radius 2 is 2.32 bits per heavy atom. The molecule has 0 unspecified atom stereocenters. The van der Waals surface area contributed by atoms with Crippen LogP contribution < -0.4 is 15.8 Å². The Morgan fingerprint density at radius 3 is 2.95 bits per heavy atom. The van der Waals surface area contributed by atoms with Crippen molar-refractivity contribution in [1.82, 2.24) is 4.90 Å². The van der Waals surface area contributed by atoms with E-state index in [0.29, 0.717) is 30.1 Å². The van der Waals surface area contributed by atoms with E-state index in [9.17, 15) is 4.79 Å². The minimum Gasteiger partial charge on any atom is -0.494 e. The fraction of sp³-hybridized carbons (Fsp3) is 0.385. The number of amides is 1. The Morgan fingerprint density at radius 1 is 1.58 bits per heavy atom. The number of ether oxygens (including phenoxy) is 1. The van der Waals surface area contributed by atoms with Crippen molar-refractivity contribution >= 4 is 17.3 Å². The van der Waals surface area contributed by atoms with Crippen LogP contribution in [0.2, 0.25) is 0 Å². The number of nitrogens with two attached hydrogens (primary N) is 1. The fourth-order valence-electron chi connectivity index (χ4n) is 1.57. The lowest BCUT2D eigenvalue weighted by molar-refractivity contribution is -0.117. The van der Waals surface area contributed by atoms with Gasteiger partial charge in [0.25, 0.3) is 0 Å². The number of benzene rings is 1. The van der Waals surface area contributed by atoms with Crippen molar-refractivity contribution in [2.24, 2.45) is 0 Å². The number of nitrogen functional groups attached to an aromatic ring is 1. The van der Waals surface area contributed by atoms with Crippen LogP contribution in [0.25, 0.3) is 0 Å². The second-order valence-electron chi connectivity index (χ2n) is 4.15. The summed E-state index contributed by atoms with van der Waals surface area (Å²) >= 11 is 0. The van der Waals surface area contributed by atoms with Crippen molar-refractivity contribution in [1.29, 1.82) is 5.26 Å². The minimum absolute atomic E-state index is 0.163. The second-order valence-corrected chi connectivity index (χ2v) is 4.15. The maximum Gasteiger partial charge on any atom is 0.238 e. The first-order valence-electron chi connectivity index (χ1n) is 5.85. The van der Waals surface area contributed by atoms with E-state index >= 15 is 0 Å². The molecule has 1 amide bonds. The molecule has 0 aliphatic rings. The summed E-state index contributed by atoms with van der Waals surface area (Å²) in [6, 6.07) is 7.07. The van der Waals surface area contributed by atoms with Crippen LogP contribution in [0.15, 0.2) is 18.2 Å². The number of hydrogen-bond acceptors (Lipinski definition) is 5. The van der Waals surface area contributed by atoms with Crippen LogP contribution in [-0.4, -0.2) is 38.1 Å². The Balaban J connectivity index is 2.60. The van der Waals surface area contributed by atoms with E-state index in [-0.39, 0.29) is 12.5 Å². The number of methoxy groups -OCH3 is 1. The van der Waals surface area contributed by atoms with Crippen molar-refractivity contribution in [3.63, 3.8) is 0 Å². The van der Waals surface area contributed by atoms with Gasteiger partial charge >= 0.3 is 0 Å². The summed E-state index contributed by atoms with van der Waals surface area (Å²) in [5.41, 5.74) is 6.79. The van der Waals surface area contributed by atoms with Crippen LogP contribution in [0.4, 0.5) is 11.4 Å². The number of nitriles is 1. The predicted molar refractivity (Wildman–Crippen MR) is 73.8 cm³/mol. The van der Waals surface area contributed by atoms with Crippen LogP contribution in [0.3, 0.4) is 0 Å². The summed E-state index contributed by atoms with van der Waals surface area (Å²) in [6.07, 6.45) is 0.398. The standard InChI is InChI=1S/C13H18N4O2/c1-17(7-3-6-14)9-13(18)16-11-5-4-10(15)8-12(11)19-2/h4-5,8H,3,7,9,15H2,1-2H3,(H,16,18). The molecule has 0 aliphatic carbocycles. The zero-order valence-corrected chi connectivity index (χ0v) is 11.1. The van der Waals surface area contributed by atoms with Gasteiger partial charge in [-0.1, -0.05) is 0 Å². The number of nitrogens with one attached hydrogen (secondary N) is 1. The van der Waals surface area contributed by atoms with Gasteiger partial charge in [-0.15, -0.1) is 0 Å². The quantitative estimate of drug-likeness (QED) is 0.748. The van der Waals surface area contributed by atoms with Gasteiger partial charge in [-0.05, 0) is 19.2 Å². The molecule has 0 aromatic heterocycles. The number of hydrogen-bond donors (Lipinski definition) is 2. The Labute approximate surface area is 112 Å². The SMILES string of the molecule is COc1cc(N)ccc1NC(=O)CN(C)CCC#N. The highest BCUT2D eigenvalue weighted by molar-refractivity contribution is 5.94. The van der Waals surface area contributed by atoms with E-state index in [4.69, 9.17) is 15.7 Å². The van der Waals surface area contributed by atoms with Gasteiger partial charge in [-0.2, -0.15) is 5.26 Å². The van der Waals surface area contributed by atoms with E-state index in [1.54, 1.807) is 30.1 Å². The maximum absolute atomic E-state index is 11.8. The molecule has 1 aromatic carbocycles. The van der Waals surface area contributed by atoms with Crippen LogP contribution in [0.1, 0.15) is 6.42 Å². The van der Waals surface area contributed by atoms with Crippen molar-refractivity contribution in [3.8, 4) is 11.8 Å². The summed E-state index contributed by atoms with van der Waals surface area (Å²) in [5, 5.41) is 11.2. The summed E-state index contributed by atoms with van der Waals surface area (Å²) < 4.78 is 5.15. The average molecular weight is 262 g/mol. The van der Waals surface area contributed by atoms with Gasteiger partial charge in [-0.25, -0.2) is 0 Å². The monoisotopic (exact) mass is 262 g/mol. The highest BCUT2D eigenvalue weighted by Gasteiger charge is 2.10. The summed E-state index contributed by atoms with van der Waals surface area (Å²) in [7, 11) is 3.31. The van der Waals surface area contributed by atoms with Crippen LogP contribution in [0.5, 0.6) is 5.75 Å². The molecule has 0 fully saturated rings. The van der Waals surface area contributed by atoms with Crippen molar-refractivity contribution in [2.45, 2.75) is 6.42 Å². The lowest BCUT2D eigenvalue weighted by Crippen LogP contribution is -2.30. The van der Waals surface area contributed by atoms with Crippen molar-refractivity contribution in [3.05, 3.63) is 18.2 Å². The van der Waals surface area contributed by atoms with Crippen LogP contribution >= 0.6 is 0 Å². The molecule has 0 bridgehead atoms. The third-order valence-electron chi connectivity index (χ3n) is 2.52. The van der Waals surface area contributed by atoms with E-state index in [2.05, 4.69) is 5.32 Å². The van der Waals surface area contributed by atoms with Gasteiger partial charge in [0.1, 0.15) is 5.75 Å². The normalized spacial score (nSPS) is 10.0. The highest BCUT2D eigenvalue weighted by atomic mass is 16.5. The second kappa shape index (κ2) is 7.24. The van der Waals surface area contributed by atoms with E-state index < -0.39 is 0 Å². The smallest absolute Gasteiger partial charge is 0.238 e. The molecule has 0 saturated carbocycles. The predicted octanol–water partition coefficient (Wildman–Crippen LogP) is 1.06.